The zero-order valence-corrected chi connectivity index (χ0v) is 6.17. The van der Waals surface area contributed by atoms with E-state index in [0.717, 1.165) is 5.62 Å². The monoisotopic (exact) mass is 137 g/mol. The fraction of sp³-hybridized carbons (Fsp3) is 1.00. The molecule has 0 saturated carbocycles. The third kappa shape index (κ3) is 1.58. The van der Waals surface area contributed by atoms with Crippen LogP contribution in [0.15, 0.2) is 0 Å². The van der Waals surface area contributed by atoms with Crippen molar-refractivity contribution in [2.24, 2.45) is 0 Å². The van der Waals surface area contributed by atoms with Gasteiger partial charge in [-0.3, -0.25) is 0 Å². The molecule has 1 aliphatic rings. The van der Waals surface area contributed by atoms with Gasteiger partial charge in [-0.2, -0.15) is 0 Å². The van der Waals surface area contributed by atoms with E-state index >= 15 is 0 Å². The summed E-state index contributed by atoms with van der Waals surface area (Å²) in [5, 5.41) is 0. The Bertz CT molecular complexity index is 50.0. The maximum Gasteiger partial charge on any atom is 0.130 e. The summed E-state index contributed by atoms with van der Waals surface area (Å²) >= 11 is 5.65. The van der Waals surface area contributed by atoms with Gasteiger partial charge in [0, 0.05) is 7.92 Å². The summed E-state index contributed by atoms with van der Waals surface area (Å²) in [6.45, 7) is 0. The summed E-state index contributed by atoms with van der Waals surface area (Å²) in [5.41, 5.74) is 0.991. The number of alkyl halides is 1. The van der Waals surface area contributed by atoms with E-state index in [0.29, 0.717) is 0 Å². The quantitative estimate of drug-likeness (QED) is 0.384. The highest BCUT2D eigenvalue weighted by Crippen LogP contribution is 2.43. The van der Waals surface area contributed by atoms with E-state index in [2.05, 4.69) is 0 Å². The van der Waals surface area contributed by atoms with Crippen LogP contribution < -0.4 is 0 Å². The molecule has 1 rings (SSSR count). The number of hydrogen-bond acceptors (Lipinski definition) is 0. The fourth-order valence-electron chi connectivity index (χ4n) is 1.01. The first-order valence-electron chi connectivity index (χ1n) is 2.83. The molecule has 0 nitrogen and oxygen atoms in total. The lowest BCUT2D eigenvalue weighted by Gasteiger charge is -1.90. The summed E-state index contributed by atoms with van der Waals surface area (Å²) in [7, 11) is 0.0139. The average molecular weight is 138 g/mol. The maximum atomic E-state index is 5.65. The Morgan fingerprint density at radius 2 is 1.86 bits per heavy atom. The number of halogens is 1. The predicted molar refractivity (Wildman–Crippen MR) is 38.0 cm³/mol. The Morgan fingerprint density at radius 3 is 2.14 bits per heavy atom. The second kappa shape index (κ2) is 2.89. The van der Waals surface area contributed by atoms with Gasteiger partial charge in [-0.05, 0) is 12.8 Å². The van der Waals surface area contributed by atoms with E-state index in [1.165, 1.54) is 25.2 Å². The van der Waals surface area contributed by atoms with Crippen LogP contribution in [-0.2, 0) is 0 Å². The highest BCUT2D eigenvalue weighted by molar-refractivity contribution is 7.59. The Morgan fingerprint density at radius 1 is 1.29 bits per heavy atom. The zero-order chi connectivity index (χ0) is 5.11. The van der Waals surface area contributed by atoms with Crippen molar-refractivity contribution in [2.75, 3.05) is 17.9 Å². The minimum Gasteiger partial charge on any atom is -0.0823 e. The molecule has 0 amide bonds. The molecule has 0 unspecified atom stereocenters. The Balaban J connectivity index is 2.14. The van der Waals surface area contributed by atoms with Gasteiger partial charge in [-0.15, -0.1) is 0 Å². The number of rotatable bonds is 1. The molecule has 0 aliphatic carbocycles. The molecule has 1 saturated heterocycles. The van der Waals surface area contributed by atoms with E-state index in [9.17, 15) is 0 Å². The third-order valence-electron chi connectivity index (χ3n) is 1.50. The highest BCUT2D eigenvalue weighted by Gasteiger charge is 2.19. The van der Waals surface area contributed by atoms with Crippen molar-refractivity contribution in [3.63, 3.8) is 0 Å². The van der Waals surface area contributed by atoms with E-state index in [1.807, 2.05) is 0 Å². The predicted octanol–water partition coefficient (Wildman–Crippen LogP) is 2.19. The molecule has 1 fully saturated rings. The van der Waals surface area contributed by atoms with Crippen LogP contribution in [0.25, 0.3) is 0 Å². The van der Waals surface area contributed by atoms with Crippen LogP contribution in [0.4, 0.5) is 0 Å². The molecule has 2 heteroatoms. The van der Waals surface area contributed by atoms with Crippen molar-refractivity contribution < 1.29 is 0 Å². The SMILES string of the molecule is ClC[PH+]1CCCC1. The molecule has 0 aromatic carbocycles. The van der Waals surface area contributed by atoms with Crippen molar-refractivity contribution in [3.8, 4) is 0 Å². The molecule has 1 heterocycles. The molecule has 0 bridgehead atoms. The van der Waals surface area contributed by atoms with Crippen LogP contribution in [0.5, 0.6) is 0 Å². The van der Waals surface area contributed by atoms with Crippen LogP contribution in [0.1, 0.15) is 12.8 Å². The van der Waals surface area contributed by atoms with E-state index in [1.54, 1.807) is 0 Å². The third-order valence-corrected chi connectivity index (χ3v) is 5.13. The molecule has 0 aromatic heterocycles. The molecular weight excluding hydrogens is 126 g/mol. The van der Waals surface area contributed by atoms with Gasteiger partial charge in [0.15, 0.2) is 0 Å². The van der Waals surface area contributed by atoms with Crippen LogP contribution in [0.2, 0.25) is 0 Å². The normalized spacial score (nSPS) is 23.6. The molecule has 0 N–H and O–H groups in total. The first kappa shape index (κ1) is 5.85. The molecule has 42 valence electrons. The second-order valence-corrected chi connectivity index (χ2v) is 5.66. The minimum absolute atomic E-state index is 0.0139. The first-order valence-corrected chi connectivity index (χ1v) is 5.48. The highest BCUT2D eigenvalue weighted by atomic mass is 35.5. The van der Waals surface area contributed by atoms with E-state index in [-0.39, 0.29) is 7.92 Å². The van der Waals surface area contributed by atoms with Crippen molar-refractivity contribution in [2.45, 2.75) is 12.8 Å². The molecule has 0 radical (unpaired) electrons. The van der Waals surface area contributed by atoms with Gasteiger partial charge >= 0.3 is 0 Å². The van der Waals surface area contributed by atoms with E-state index < -0.39 is 0 Å². The van der Waals surface area contributed by atoms with Gasteiger partial charge < -0.3 is 0 Å². The van der Waals surface area contributed by atoms with Gasteiger partial charge in [0.25, 0.3) is 0 Å². The van der Waals surface area contributed by atoms with Gasteiger partial charge in [0.05, 0.1) is 12.3 Å². The smallest absolute Gasteiger partial charge is 0.0823 e. The second-order valence-electron chi connectivity index (χ2n) is 2.09. The van der Waals surface area contributed by atoms with Crippen molar-refractivity contribution in [3.05, 3.63) is 0 Å². The fourth-order valence-corrected chi connectivity index (χ4v) is 3.83. The van der Waals surface area contributed by atoms with Crippen LogP contribution in [-0.4, -0.2) is 17.9 Å². The molecular formula is C5H11ClP+. The van der Waals surface area contributed by atoms with Gasteiger partial charge in [0.1, 0.15) is 5.62 Å². The maximum absolute atomic E-state index is 5.65. The molecule has 7 heavy (non-hydrogen) atoms. The first-order chi connectivity index (χ1) is 3.43. The van der Waals surface area contributed by atoms with Crippen molar-refractivity contribution in [1.29, 1.82) is 0 Å². The lowest BCUT2D eigenvalue weighted by Crippen LogP contribution is -1.73. The van der Waals surface area contributed by atoms with Crippen LogP contribution in [0, 0.1) is 0 Å². The molecule has 0 spiro atoms. The summed E-state index contributed by atoms with van der Waals surface area (Å²) in [6.07, 6.45) is 5.88. The summed E-state index contributed by atoms with van der Waals surface area (Å²) in [5.74, 6) is 0. The van der Waals surface area contributed by atoms with Gasteiger partial charge in [-0.1, -0.05) is 11.6 Å². The van der Waals surface area contributed by atoms with Gasteiger partial charge in [-0.25, -0.2) is 0 Å². The summed E-state index contributed by atoms with van der Waals surface area (Å²) in [4.78, 5) is 0. The molecule has 0 atom stereocenters. The standard InChI is InChI=1S/C5H10ClP/c6-5-7-3-1-2-4-7/h1-5H2/p+1. The van der Waals surface area contributed by atoms with Crippen LogP contribution >= 0.6 is 19.5 Å². The van der Waals surface area contributed by atoms with Crippen LogP contribution in [0.3, 0.4) is 0 Å². The Kier molecular flexibility index (Phi) is 2.42. The lowest BCUT2D eigenvalue weighted by molar-refractivity contribution is 0.949. The summed E-state index contributed by atoms with van der Waals surface area (Å²) < 4.78 is 0. The summed E-state index contributed by atoms with van der Waals surface area (Å²) in [6, 6.07) is 0. The Hall–Kier alpha value is 0.720. The largest absolute Gasteiger partial charge is 0.130 e. The Labute approximate surface area is 51.0 Å². The minimum atomic E-state index is 0.0139. The van der Waals surface area contributed by atoms with Crippen molar-refractivity contribution >= 4 is 19.5 Å². The number of hydrogen-bond donors (Lipinski definition) is 0. The zero-order valence-electron chi connectivity index (χ0n) is 4.41. The van der Waals surface area contributed by atoms with Crippen molar-refractivity contribution in [1.82, 2.24) is 0 Å². The molecule has 1 aliphatic heterocycles. The lowest BCUT2D eigenvalue weighted by atomic mass is 10.4. The molecule has 0 aromatic rings. The van der Waals surface area contributed by atoms with E-state index in [4.69, 9.17) is 11.6 Å². The average Bonchev–Trinajstić information content (AvgIpc) is 2.14. The van der Waals surface area contributed by atoms with Gasteiger partial charge in [0.2, 0.25) is 0 Å². The topological polar surface area (TPSA) is 0 Å².